The number of hydrogen-bond donors (Lipinski definition) is 3. The molecule has 7 heteroatoms. The number of nitrogens with one attached hydrogen (secondary N) is 1. The van der Waals surface area contributed by atoms with E-state index in [9.17, 15) is 0 Å². The first-order chi connectivity index (χ1) is 10.7. The number of rotatable bonds is 8. The number of hydrogen-bond acceptors (Lipinski definition) is 7. The molecule has 0 saturated heterocycles. The van der Waals surface area contributed by atoms with Gasteiger partial charge in [0.15, 0.2) is 5.82 Å². The van der Waals surface area contributed by atoms with Crippen LogP contribution in [0.15, 0.2) is 29.0 Å². The van der Waals surface area contributed by atoms with Crippen LogP contribution in [0, 0.1) is 5.92 Å². The average molecular weight is 302 g/mol. The van der Waals surface area contributed by atoms with E-state index < -0.39 is 0 Å². The fourth-order valence-corrected chi connectivity index (χ4v) is 1.76. The van der Waals surface area contributed by atoms with Crippen LogP contribution >= 0.6 is 0 Å². The standard InChI is InChI=1S/C15H22N6O/c1-18-8-12(7-17)9-19-14-6-15(22-10-11-2-3-11)21-13(20-14)4-5-16/h4-8,11H,2-3,9-10,16-17H2,1H3,(H,19,20,21). The van der Waals surface area contributed by atoms with Crippen LogP contribution in [0.25, 0.3) is 6.08 Å². The third kappa shape index (κ3) is 5.08. The minimum Gasteiger partial charge on any atom is -0.477 e. The van der Waals surface area contributed by atoms with E-state index in [0.29, 0.717) is 36.6 Å². The lowest BCUT2D eigenvalue weighted by molar-refractivity contribution is 0.288. The first kappa shape index (κ1) is 15.8. The van der Waals surface area contributed by atoms with Crippen molar-refractivity contribution in [1.82, 2.24) is 9.97 Å². The van der Waals surface area contributed by atoms with Crippen LogP contribution in [0.4, 0.5) is 5.82 Å². The molecule has 0 aromatic carbocycles. The van der Waals surface area contributed by atoms with E-state index in [1.54, 1.807) is 25.4 Å². The molecule has 2 rings (SSSR count). The summed E-state index contributed by atoms with van der Waals surface area (Å²) in [7, 11) is 1.70. The molecule has 5 N–H and O–H groups in total. The van der Waals surface area contributed by atoms with Crippen LogP contribution < -0.4 is 21.5 Å². The molecule has 0 unspecified atom stereocenters. The molecule has 0 atom stereocenters. The summed E-state index contributed by atoms with van der Waals surface area (Å²) in [4.78, 5) is 12.6. The van der Waals surface area contributed by atoms with Gasteiger partial charge >= 0.3 is 0 Å². The second kappa shape index (κ2) is 8.02. The molecule has 0 amide bonds. The van der Waals surface area contributed by atoms with Gasteiger partial charge in [-0.15, -0.1) is 0 Å². The zero-order chi connectivity index (χ0) is 15.8. The summed E-state index contributed by atoms with van der Waals surface area (Å²) in [5, 5.41) is 3.18. The van der Waals surface area contributed by atoms with Crippen LogP contribution in [0.5, 0.6) is 5.88 Å². The number of nitrogens with zero attached hydrogens (tertiary/aromatic N) is 3. The second-order valence-corrected chi connectivity index (χ2v) is 5.05. The van der Waals surface area contributed by atoms with Crippen molar-refractivity contribution < 1.29 is 4.74 Å². The number of aromatic nitrogens is 2. The van der Waals surface area contributed by atoms with Crippen LogP contribution in [0.1, 0.15) is 18.7 Å². The molecular formula is C15H22N6O. The van der Waals surface area contributed by atoms with E-state index >= 15 is 0 Å². The highest BCUT2D eigenvalue weighted by Gasteiger charge is 2.22. The molecule has 0 aliphatic heterocycles. The molecule has 1 fully saturated rings. The SMILES string of the molecule is CN=CC(=CN)CNc1cc(OCC2CC2)nc(C=CN)n1. The van der Waals surface area contributed by atoms with Crippen molar-refractivity contribution in [2.24, 2.45) is 22.4 Å². The Kier molecular flexibility index (Phi) is 5.76. The minimum atomic E-state index is 0.501. The largest absolute Gasteiger partial charge is 0.477 e. The molecule has 1 aliphatic rings. The Hall–Kier alpha value is -2.57. The van der Waals surface area contributed by atoms with Gasteiger partial charge in [-0.2, -0.15) is 4.98 Å². The molecule has 22 heavy (non-hydrogen) atoms. The van der Waals surface area contributed by atoms with Gasteiger partial charge in [-0.05, 0) is 31.0 Å². The maximum Gasteiger partial charge on any atom is 0.219 e. The van der Waals surface area contributed by atoms with Gasteiger partial charge in [0, 0.05) is 37.6 Å². The fraction of sp³-hybridized carbons (Fsp3) is 0.400. The zero-order valence-electron chi connectivity index (χ0n) is 12.7. The smallest absolute Gasteiger partial charge is 0.219 e. The van der Waals surface area contributed by atoms with Crippen molar-refractivity contribution in [2.75, 3.05) is 25.5 Å². The van der Waals surface area contributed by atoms with Gasteiger partial charge in [0.1, 0.15) is 5.82 Å². The lowest BCUT2D eigenvalue weighted by Crippen LogP contribution is -2.10. The van der Waals surface area contributed by atoms with E-state index in [1.807, 2.05) is 0 Å². The molecule has 1 aliphatic carbocycles. The summed E-state index contributed by atoms with van der Waals surface area (Å²) in [6.45, 7) is 1.21. The van der Waals surface area contributed by atoms with Crippen LogP contribution in [-0.2, 0) is 0 Å². The molecule has 0 radical (unpaired) electrons. The minimum absolute atomic E-state index is 0.501. The summed E-state index contributed by atoms with van der Waals surface area (Å²) in [5.74, 6) is 2.35. The molecule has 1 aromatic heterocycles. The van der Waals surface area contributed by atoms with Crippen molar-refractivity contribution in [1.29, 1.82) is 0 Å². The molecule has 0 spiro atoms. The van der Waals surface area contributed by atoms with Gasteiger partial charge < -0.3 is 21.5 Å². The summed E-state index contributed by atoms with van der Waals surface area (Å²) < 4.78 is 5.71. The molecule has 118 valence electrons. The Morgan fingerprint density at radius 2 is 2.27 bits per heavy atom. The number of aliphatic imine (C=N–C) groups is 1. The third-order valence-corrected chi connectivity index (χ3v) is 3.11. The molecule has 1 aromatic rings. The Labute approximate surface area is 130 Å². The van der Waals surface area contributed by atoms with Gasteiger partial charge in [-0.1, -0.05) is 0 Å². The van der Waals surface area contributed by atoms with Crippen molar-refractivity contribution >= 4 is 18.1 Å². The molecule has 1 saturated carbocycles. The van der Waals surface area contributed by atoms with E-state index in [0.717, 1.165) is 5.57 Å². The average Bonchev–Trinajstić information content (AvgIpc) is 3.34. The normalized spacial score (nSPS) is 15.6. The molecular weight excluding hydrogens is 280 g/mol. The van der Waals surface area contributed by atoms with E-state index in [2.05, 4.69) is 20.3 Å². The van der Waals surface area contributed by atoms with Gasteiger partial charge in [-0.3, -0.25) is 4.99 Å². The van der Waals surface area contributed by atoms with Crippen molar-refractivity contribution in [2.45, 2.75) is 12.8 Å². The summed E-state index contributed by atoms with van der Waals surface area (Å²) in [6.07, 6.45) is 8.69. The van der Waals surface area contributed by atoms with E-state index in [-0.39, 0.29) is 0 Å². The predicted molar refractivity (Wildman–Crippen MR) is 88.6 cm³/mol. The van der Waals surface area contributed by atoms with Crippen molar-refractivity contribution in [3.8, 4) is 5.88 Å². The molecule has 1 heterocycles. The number of anilines is 1. The first-order valence-corrected chi connectivity index (χ1v) is 7.22. The number of nitrogens with two attached hydrogens (primary N) is 2. The highest BCUT2D eigenvalue weighted by atomic mass is 16.5. The van der Waals surface area contributed by atoms with E-state index in [4.69, 9.17) is 16.2 Å². The lowest BCUT2D eigenvalue weighted by Gasteiger charge is -2.10. The van der Waals surface area contributed by atoms with Crippen LogP contribution in [0.2, 0.25) is 0 Å². The molecule has 0 bridgehead atoms. The van der Waals surface area contributed by atoms with Gasteiger partial charge in [0.05, 0.1) is 6.61 Å². The zero-order valence-corrected chi connectivity index (χ0v) is 12.7. The quantitative estimate of drug-likeness (QED) is 0.621. The Morgan fingerprint density at radius 3 is 2.91 bits per heavy atom. The maximum absolute atomic E-state index is 5.71. The second-order valence-electron chi connectivity index (χ2n) is 5.05. The monoisotopic (exact) mass is 302 g/mol. The van der Waals surface area contributed by atoms with Crippen LogP contribution in [-0.4, -0.2) is 36.4 Å². The lowest BCUT2D eigenvalue weighted by atomic mass is 10.3. The fourth-order valence-electron chi connectivity index (χ4n) is 1.76. The Bertz CT molecular complexity index is 577. The summed E-state index contributed by atoms with van der Waals surface area (Å²) >= 11 is 0. The summed E-state index contributed by atoms with van der Waals surface area (Å²) in [5.41, 5.74) is 11.8. The van der Waals surface area contributed by atoms with Gasteiger partial charge in [-0.25, -0.2) is 4.98 Å². The van der Waals surface area contributed by atoms with Gasteiger partial charge in [0.25, 0.3) is 0 Å². The number of ether oxygens (including phenoxy) is 1. The highest BCUT2D eigenvalue weighted by Crippen LogP contribution is 2.29. The highest BCUT2D eigenvalue weighted by molar-refractivity contribution is 5.79. The maximum atomic E-state index is 5.71. The Balaban J connectivity index is 2.06. The third-order valence-electron chi connectivity index (χ3n) is 3.11. The summed E-state index contributed by atoms with van der Waals surface area (Å²) in [6, 6.07) is 1.77. The van der Waals surface area contributed by atoms with Crippen LogP contribution in [0.3, 0.4) is 0 Å². The van der Waals surface area contributed by atoms with Crippen molar-refractivity contribution in [3.63, 3.8) is 0 Å². The van der Waals surface area contributed by atoms with Crippen molar-refractivity contribution in [3.05, 3.63) is 29.9 Å². The molecule has 7 nitrogen and oxygen atoms in total. The van der Waals surface area contributed by atoms with Gasteiger partial charge in [0.2, 0.25) is 5.88 Å². The Morgan fingerprint density at radius 1 is 1.45 bits per heavy atom. The first-order valence-electron chi connectivity index (χ1n) is 7.22. The topological polar surface area (TPSA) is 111 Å². The van der Waals surface area contributed by atoms with E-state index in [1.165, 1.54) is 25.2 Å². The predicted octanol–water partition coefficient (Wildman–Crippen LogP) is 1.15.